The quantitative estimate of drug-likeness (QED) is 0.103. The first-order valence-electron chi connectivity index (χ1n) is 15.6. The van der Waals surface area contributed by atoms with Crippen molar-refractivity contribution in [2.24, 2.45) is 0 Å². The minimum Gasteiger partial charge on any atom is -0.493 e. The van der Waals surface area contributed by atoms with Gasteiger partial charge in [0.15, 0.2) is 11.5 Å². The lowest BCUT2D eigenvalue weighted by Crippen LogP contribution is -2.44. The molecule has 2 N–H and O–H groups in total. The van der Waals surface area contributed by atoms with Crippen LogP contribution in [0.15, 0.2) is 85.5 Å². The lowest BCUT2D eigenvalue weighted by atomic mass is 10.1. The summed E-state index contributed by atoms with van der Waals surface area (Å²) in [6, 6.07) is 19.3. The number of ether oxygens (including phenoxy) is 6. The Bertz CT molecular complexity index is 1560. The number of rotatable bonds is 17. The Hall–Kier alpha value is -5.23. The third-order valence-corrected chi connectivity index (χ3v) is 6.76. The third kappa shape index (κ3) is 13.7. The second-order valence-electron chi connectivity index (χ2n) is 11.8. The molecular formula is C37H45ClN2O10. The van der Waals surface area contributed by atoms with E-state index in [-0.39, 0.29) is 55.0 Å². The number of hydrogen-bond donors (Lipinski definition) is 2. The fraction of sp³-hybridized carbons (Fsp3) is 0.351. The van der Waals surface area contributed by atoms with Gasteiger partial charge in [0, 0.05) is 12.1 Å². The van der Waals surface area contributed by atoms with Crippen LogP contribution in [0.3, 0.4) is 0 Å². The topological polar surface area (TPSA) is 148 Å². The molecule has 2 atom stereocenters. The molecule has 3 rings (SSSR count). The van der Waals surface area contributed by atoms with Crippen LogP contribution in [-0.2, 0) is 36.8 Å². The van der Waals surface area contributed by atoms with Crippen LogP contribution in [0.1, 0.15) is 48.7 Å². The van der Waals surface area contributed by atoms with Crippen LogP contribution in [0.4, 0.5) is 4.79 Å². The molecule has 0 spiro atoms. The zero-order chi connectivity index (χ0) is 35.8. The van der Waals surface area contributed by atoms with E-state index in [1.165, 1.54) is 32.4 Å². The van der Waals surface area contributed by atoms with Crippen LogP contribution < -0.4 is 24.8 Å². The molecule has 3 aromatic carbocycles. The predicted octanol–water partition coefficient (Wildman–Crippen LogP) is 5.60. The summed E-state index contributed by atoms with van der Waals surface area (Å²) >= 11 is 0. The number of halogens is 1. The molecule has 0 fully saturated rings. The van der Waals surface area contributed by atoms with Gasteiger partial charge in [0.2, 0.25) is 0 Å². The van der Waals surface area contributed by atoms with E-state index >= 15 is 0 Å². The largest absolute Gasteiger partial charge is 0.493 e. The lowest BCUT2D eigenvalue weighted by Gasteiger charge is -2.25. The molecule has 0 radical (unpaired) electrons. The van der Waals surface area contributed by atoms with Gasteiger partial charge in [-0.1, -0.05) is 73.3 Å². The van der Waals surface area contributed by atoms with Crippen molar-refractivity contribution in [3.05, 3.63) is 102 Å². The fourth-order valence-electron chi connectivity index (χ4n) is 4.51. The van der Waals surface area contributed by atoms with Crippen molar-refractivity contribution in [1.82, 2.24) is 10.6 Å². The smallest absolute Gasteiger partial charge is 0.408 e. The van der Waals surface area contributed by atoms with Crippen molar-refractivity contribution in [2.75, 3.05) is 27.4 Å². The first-order chi connectivity index (χ1) is 23.4. The summed E-state index contributed by atoms with van der Waals surface area (Å²) in [5.41, 5.74) is 0.885. The summed E-state index contributed by atoms with van der Waals surface area (Å²) in [6.07, 6.45) is 0.629. The monoisotopic (exact) mass is 712 g/mol. The molecule has 13 heteroatoms. The van der Waals surface area contributed by atoms with Gasteiger partial charge in [0.05, 0.1) is 32.2 Å². The van der Waals surface area contributed by atoms with E-state index in [0.717, 1.165) is 11.1 Å². The highest BCUT2D eigenvalue weighted by molar-refractivity contribution is 6.00. The SMILES string of the molecule is C=CCOC(=O)C[C@H](NC(=O)c1cc(OC)c(OC)cc1OC[C@@H](Cc1ccccc1)NC(=O)OC(C)(C)C)C(=O)OCc1ccccc1.Cl. The van der Waals surface area contributed by atoms with Gasteiger partial charge in [-0.3, -0.25) is 9.59 Å². The number of nitrogens with one attached hydrogen (secondary N) is 2. The van der Waals surface area contributed by atoms with E-state index in [4.69, 9.17) is 28.4 Å². The number of esters is 2. The Kier molecular flexibility index (Phi) is 16.6. The molecule has 50 heavy (non-hydrogen) atoms. The standard InChI is InChI=1S/C37H44N2O10.ClH/c1-7-18-46-33(40)21-29(35(42)48-23-26-16-12-9-13-17-26)39-34(41)28-20-31(44-5)32(45-6)22-30(28)47-24-27(19-25-14-10-8-11-15-25)38-36(43)49-37(2,3)4;/h7-17,20,22,27,29H,1,18-19,21,23-24H2,2-6H3,(H,38,43)(H,39,41);1H/t27-,29+;/m1./s1. The summed E-state index contributed by atoms with van der Waals surface area (Å²) in [4.78, 5) is 52.3. The van der Waals surface area contributed by atoms with Gasteiger partial charge in [0.1, 0.15) is 37.2 Å². The number of methoxy groups -OCH3 is 2. The summed E-state index contributed by atoms with van der Waals surface area (Å²) in [6.45, 7) is 8.55. The van der Waals surface area contributed by atoms with Gasteiger partial charge in [-0.15, -0.1) is 12.4 Å². The number of carbonyl (C=O) groups is 4. The normalized spacial score (nSPS) is 11.8. The summed E-state index contributed by atoms with van der Waals surface area (Å²) < 4.78 is 33.0. The lowest BCUT2D eigenvalue weighted by molar-refractivity contribution is -0.152. The van der Waals surface area contributed by atoms with Crippen molar-refractivity contribution in [3.8, 4) is 17.2 Å². The fourth-order valence-corrected chi connectivity index (χ4v) is 4.51. The Morgan fingerprint density at radius 3 is 2.00 bits per heavy atom. The van der Waals surface area contributed by atoms with Crippen molar-refractivity contribution in [1.29, 1.82) is 0 Å². The molecule has 0 aliphatic heterocycles. The molecule has 2 amide bonds. The minimum atomic E-state index is -1.41. The first-order valence-corrected chi connectivity index (χ1v) is 15.6. The number of hydrogen-bond acceptors (Lipinski definition) is 10. The maximum Gasteiger partial charge on any atom is 0.408 e. The van der Waals surface area contributed by atoms with E-state index in [9.17, 15) is 19.2 Å². The second kappa shape index (κ2) is 20.3. The average molecular weight is 713 g/mol. The third-order valence-electron chi connectivity index (χ3n) is 6.76. The molecule has 3 aromatic rings. The molecular weight excluding hydrogens is 668 g/mol. The molecule has 0 aliphatic carbocycles. The van der Waals surface area contributed by atoms with Crippen LogP contribution in [0.2, 0.25) is 0 Å². The zero-order valence-electron chi connectivity index (χ0n) is 28.9. The van der Waals surface area contributed by atoms with Crippen molar-refractivity contribution < 1.29 is 47.6 Å². The summed E-state index contributed by atoms with van der Waals surface area (Å²) in [5, 5.41) is 5.43. The maximum atomic E-state index is 13.8. The minimum absolute atomic E-state index is 0. The number of amides is 2. The van der Waals surface area contributed by atoms with Crippen LogP contribution in [0.5, 0.6) is 17.2 Å². The summed E-state index contributed by atoms with van der Waals surface area (Å²) in [5.74, 6) is -1.83. The van der Waals surface area contributed by atoms with Crippen molar-refractivity contribution >= 4 is 36.3 Å². The molecule has 0 heterocycles. The molecule has 0 saturated heterocycles. The molecule has 0 saturated carbocycles. The van der Waals surface area contributed by atoms with Gasteiger partial charge >= 0.3 is 18.0 Å². The molecule has 0 unspecified atom stereocenters. The Balaban J connectivity index is 0.00000867. The van der Waals surface area contributed by atoms with Gasteiger partial charge in [-0.05, 0) is 38.3 Å². The van der Waals surface area contributed by atoms with Gasteiger partial charge in [-0.25, -0.2) is 9.59 Å². The van der Waals surface area contributed by atoms with Gasteiger partial charge in [-0.2, -0.15) is 0 Å². The second-order valence-corrected chi connectivity index (χ2v) is 11.8. The van der Waals surface area contributed by atoms with E-state index in [1.54, 1.807) is 45.0 Å². The highest BCUT2D eigenvalue weighted by atomic mass is 35.5. The molecule has 0 aliphatic rings. The molecule has 0 aromatic heterocycles. The number of alkyl carbamates (subject to hydrolysis) is 1. The number of benzene rings is 3. The molecule has 12 nitrogen and oxygen atoms in total. The maximum absolute atomic E-state index is 13.8. The van der Waals surface area contributed by atoms with E-state index in [1.807, 2.05) is 36.4 Å². The van der Waals surface area contributed by atoms with Crippen LogP contribution >= 0.6 is 12.4 Å². The van der Waals surface area contributed by atoms with Crippen LogP contribution in [0, 0.1) is 0 Å². The van der Waals surface area contributed by atoms with Crippen molar-refractivity contribution in [3.63, 3.8) is 0 Å². The zero-order valence-corrected chi connectivity index (χ0v) is 29.7. The van der Waals surface area contributed by atoms with Gasteiger partial charge < -0.3 is 39.1 Å². The van der Waals surface area contributed by atoms with Crippen LogP contribution in [-0.4, -0.2) is 69.1 Å². The summed E-state index contributed by atoms with van der Waals surface area (Å²) in [7, 11) is 2.83. The molecule has 270 valence electrons. The highest BCUT2D eigenvalue weighted by Gasteiger charge is 2.29. The van der Waals surface area contributed by atoms with Crippen molar-refractivity contribution in [2.45, 2.75) is 57.9 Å². The average Bonchev–Trinajstić information content (AvgIpc) is 3.07. The van der Waals surface area contributed by atoms with Crippen LogP contribution in [0.25, 0.3) is 0 Å². The van der Waals surface area contributed by atoms with E-state index < -0.39 is 48.0 Å². The predicted molar refractivity (Wildman–Crippen MR) is 189 cm³/mol. The highest BCUT2D eigenvalue weighted by Crippen LogP contribution is 2.35. The Morgan fingerprint density at radius 1 is 0.820 bits per heavy atom. The van der Waals surface area contributed by atoms with E-state index in [0.29, 0.717) is 6.42 Å². The van der Waals surface area contributed by atoms with Gasteiger partial charge in [0.25, 0.3) is 5.91 Å². The molecule has 0 bridgehead atoms. The Morgan fingerprint density at radius 2 is 1.42 bits per heavy atom. The first kappa shape index (κ1) is 40.9. The van der Waals surface area contributed by atoms with E-state index in [2.05, 4.69) is 17.2 Å². The number of carbonyl (C=O) groups excluding carboxylic acids is 4. The Labute approximate surface area is 298 Å².